The Kier molecular flexibility index (Phi) is 5.73. The van der Waals surface area contributed by atoms with E-state index in [4.69, 9.17) is 4.74 Å². The lowest BCUT2D eigenvalue weighted by Crippen LogP contribution is -2.40. The highest BCUT2D eigenvalue weighted by atomic mass is 16.5. The van der Waals surface area contributed by atoms with Gasteiger partial charge in [0.15, 0.2) is 6.10 Å². The second kappa shape index (κ2) is 8.18. The molecule has 1 aliphatic carbocycles. The van der Waals surface area contributed by atoms with Gasteiger partial charge in [0.1, 0.15) is 5.75 Å². The molecule has 0 radical (unpaired) electrons. The highest BCUT2D eigenvalue weighted by molar-refractivity contribution is 5.89. The Balaban J connectivity index is 1.63. The summed E-state index contributed by atoms with van der Waals surface area (Å²) in [7, 11) is 0. The Morgan fingerprint density at radius 1 is 1.12 bits per heavy atom. The number of nitrogens with one attached hydrogen (secondary N) is 1. The van der Waals surface area contributed by atoms with Gasteiger partial charge in [0, 0.05) is 11.9 Å². The summed E-state index contributed by atoms with van der Waals surface area (Å²) in [5, 5.41) is 5.29. The molecule has 1 atom stereocenters. The molecule has 3 rings (SSSR count). The lowest BCUT2D eigenvalue weighted by atomic mass is 9.89. The summed E-state index contributed by atoms with van der Waals surface area (Å²) in [5.74, 6) is 1.43. The molecule has 1 amide bonds. The van der Waals surface area contributed by atoms with E-state index in [9.17, 15) is 4.79 Å². The molecule has 1 saturated carbocycles. The molecule has 1 N–H and O–H groups in total. The third-order valence-corrected chi connectivity index (χ3v) is 4.97. The first-order valence-electron chi connectivity index (χ1n) is 9.20. The van der Waals surface area contributed by atoms with Crippen LogP contribution in [0.2, 0.25) is 0 Å². The van der Waals surface area contributed by atoms with Gasteiger partial charge in [-0.15, -0.1) is 0 Å². The molecule has 1 aliphatic rings. The van der Waals surface area contributed by atoms with Crippen LogP contribution >= 0.6 is 0 Å². The number of ether oxygens (including phenoxy) is 1. The van der Waals surface area contributed by atoms with E-state index in [2.05, 4.69) is 17.4 Å². The Morgan fingerprint density at radius 3 is 2.67 bits per heavy atom. The molecule has 3 nitrogen and oxygen atoms in total. The van der Waals surface area contributed by atoms with Gasteiger partial charge in [-0.3, -0.25) is 4.79 Å². The van der Waals surface area contributed by atoms with Crippen LogP contribution in [0.1, 0.15) is 45.4 Å². The van der Waals surface area contributed by atoms with E-state index >= 15 is 0 Å². The molecule has 1 fully saturated rings. The fourth-order valence-electron chi connectivity index (χ4n) is 3.52. The van der Waals surface area contributed by atoms with Gasteiger partial charge in [-0.25, -0.2) is 0 Å². The first kappa shape index (κ1) is 16.8. The van der Waals surface area contributed by atoms with Crippen molar-refractivity contribution in [2.24, 2.45) is 5.92 Å². The third-order valence-electron chi connectivity index (χ3n) is 4.97. The Labute approximate surface area is 144 Å². The second-order valence-corrected chi connectivity index (χ2v) is 6.74. The number of hydrogen-bond acceptors (Lipinski definition) is 2. The van der Waals surface area contributed by atoms with Crippen molar-refractivity contribution in [3.63, 3.8) is 0 Å². The van der Waals surface area contributed by atoms with Crippen LogP contribution in [0.5, 0.6) is 5.75 Å². The van der Waals surface area contributed by atoms with Crippen molar-refractivity contribution in [3.8, 4) is 5.75 Å². The first-order chi connectivity index (χ1) is 11.8. The topological polar surface area (TPSA) is 38.3 Å². The number of carbonyl (C=O) groups excluding carboxylic acids is 1. The first-order valence-corrected chi connectivity index (χ1v) is 9.20. The maximum Gasteiger partial charge on any atom is 0.261 e. The van der Waals surface area contributed by atoms with Crippen molar-refractivity contribution in [2.75, 3.05) is 6.54 Å². The number of carbonyl (C=O) groups is 1. The Bertz CT molecular complexity index is 671. The molecular formula is C21H27NO2. The quantitative estimate of drug-likeness (QED) is 0.836. The molecule has 0 aliphatic heterocycles. The van der Waals surface area contributed by atoms with Crippen LogP contribution in [-0.2, 0) is 4.79 Å². The van der Waals surface area contributed by atoms with Gasteiger partial charge in [-0.1, -0.05) is 62.6 Å². The summed E-state index contributed by atoms with van der Waals surface area (Å²) in [5.41, 5.74) is 0. The van der Waals surface area contributed by atoms with Crippen molar-refractivity contribution in [1.29, 1.82) is 0 Å². The molecule has 1 unspecified atom stereocenters. The summed E-state index contributed by atoms with van der Waals surface area (Å²) < 4.78 is 6.07. The molecule has 2 aromatic carbocycles. The van der Waals surface area contributed by atoms with E-state index in [-0.39, 0.29) is 5.91 Å². The molecule has 0 spiro atoms. The molecule has 128 valence electrons. The lowest BCUT2D eigenvalue weighted by Gasteiger charge is -2.23. The zero-order valence-electron chi connectivity index (χ0n) is 14.5. The van der Waals surface area contributed by atoms with Crippen LogP contribution in [0.15, 0.2) is 42.5 Å². The van der Waals surface area contributed by atoms with Crippen LogP contribution in [0.4, 0.5) is 0 Å². The summed E-state index contributed by atoms with van der Waals surface area (Å²) in [4.78, 5) is 12.5. The largest absolute Gasteiger partial charge is 0.480 e. The van der Waals surface area contributed by atoms with Crippen LogP contribution < -0.4 is 10.1 Å². The number of rotatable bonds is 6. The zero-order chi connectivity index (χ0) is 16.8. The highest BCUT2D eigenvalue weighted by Crippen LogP contribution is 2.27. The molecule has 0 saturated heterocycles. The minimum atomic E-state index is -0.431. The normalized spacial score (nSPS) is 16.7. The van der Waals surface area contributed by atoms with Gasteiger partial charge in [-0.05, 0) is 36.6 Å². The summed E-state index contributed by atoms with van der Waals surface area (Å²) >= 11 is 0. The maximum atomic E-state index is 12.5. The average Bonchev–Trinajstić information content (AvgIpc) is 2.65. The minimum Gasteiger partial charge on any atom is -0.480 e. The Hall–Kier alpha value is -2.03. The van der Waals surface area contributed by atoms with Crippen molar-refractivity contribution in [3.05, 3.63) is 42.5 Å². The second-order valence-electron chi connectivity index (χ2n) is 6.74. The third kappa shape index (κ3) is 4.08. The van der Waals surface area contributed by atoms with Gasteiger partial charge in [0.25, 0.3) is 5.91 Å². The van der Waals surface area contributed by atoms with E-state index in [0.717, 1.165) is 23.1 Å². The van der Waals surface area contributed by atoms with Crippen molar-refractivity contribution in [2.45, 2.75) is 51.6 Å². The van der Waals surface area contributed by atoms with Crippen molar-refractivity contribution >= 4 is 16.7 Å². The standard InChI is InChI=1S/C21H27NO2/c1-2-19(21(23)22-15-16-9-4-3-5-10-16)24-20-14-8-12-17-11-6-7-13-18(17)20/h6-8,11-14,16,19H,2-5,9-10,15H2,1H3,(H,22,23). The molecule has 24 heavy (non-hydrogen) atoms. The van der Waals surface area contributed by atoms with E-state index in [0.29, 0.717) is 12.3 Å². The fraction of sp³-hybridized carbons (Fsp3) is 0.476. The Morgan fingerprint density at radius 2 is 1.88 bits per heavy atom. The predicted octanol–water partition coefficient (Wildman–Crippen LogP) is 4.69. The monoisotopic (exact) mass is 325 g/mol. The van der Waals surface area contributed by atoms with Crippen LogP contribution in [0, 0.1) is 5.92 Å². The number of fused-ring (bicyclic) bond motifs is 1. The van der Waals surface area contributed by atoms with Crippen LogP contribution in [0.3, 0.4) is 0 Å². The van der Waals surface area contributed by atoms with Crippen LogP contribution in [0.25, 0.3) is 10.8 Å². The molecule has 0 bridgehead atoms. The van der Waals surface area contributed by atoms with Gasteiger partial charge in [0.2, 0.25) is 0 Å². The predicted molar refractivity (Wildman–Crippen MR) is 98.2 cm³/mol. The zero-order valence-corrected chi connectivity index (χ0v) is 14.5. The molecule has 0 heterocycles. The molecule has 0 aromatic heterocycles. The summed E-state index contributed by atoms with van der Waals surface area (Å²) in [6.45, 7) is 2.78. The fourth-order valence-corrected chi connectivity index (χ4v) is 3.52. The average molecular weight is 325 g/mol. The maximum absolute atomic E-state index is 12.5. The summed E-state index contributed by atoms with van der Waals surface area (Å²) in [6.07, 6.45) is 6.64. The van der Waals surface area contributed by atoms with Gasteiger partial charge >= 0.3 is 0 Å². The highest BCUT2D eigenvalue weighted by Gasteiger charge is 2.21. The molecule has 3 heteroatoms. The van der Waals surface area contributed by atoms with E-state index in [1.54, 1.807) is 0 Å². The summed E-state index contributed by atoms with van der Waals surface area (Å²) in [6, 6.07) is 14.1. The van der Waals surface area contributed by atoms with Crippen LogP contribution in [-0.4, -0.2) is 18.6 Å². The van der Waals surface area contributed by atoms with E-state index < -0.39 is 6.10 Å². The van der Waals surface area contributed by atoms with Gasteiger partial charge < -0.3 is 10.1 Å². The SMILES string of the molecule is CCC(Oc1cccc2ccccc12)C(=O)NCC1CCCCC1. The van der Waals surface area contributed by atoms with Gasteiger partial charge in [-0.2, -0.15) is 0 Å². The van der Waals surface area contributed by atoms with Gasteiger partial charge in [0.05, 0.1) is 0 Å². The molecular weight excluding hydrogens is 298 g/mol. The van der Waals surface area contributed by atoms with E-state index in [1.807, 2.05) is 37.3 Å². The number of benzene rings is 2. The molecule has 2 aromatic rings. The van der Waals surface area contributed by atoms with E-state index in [1.165, 1.54) is 32.1 Å². The van der Waals surface area contributed by atoms with Crippen molar-refractivity contribution in [1.82, 2.24) is 5.32 Å². The van der Waals surface area contributed by atoms with Crippen molar-refractivity contribution < 1.29 is 9.53 Å². The number of hydrogen-bond donors (Lipinski definition) is 1. The minimum absolute atomic E-state index is 0.0102. The smallest absolute Gasteiger partial charge is 0.261 e. The lowest BCUT2D eigenvalue weighted by molar-refractivity contribution is -0.128. The number of amides is 1.